The zero-order valence-corrected chi connectivity index (χ0v) is 14.6. The lowest BCUT2D eigenvalue weighted by atomic mass is 10.0. The molecule has 0 radical (unpaired) electrons. The summed E-state index contributed by atoms with van der Waals surface area (Å²) in [5, 5.41) is 13.6. The second kappa shape index (κ2) is 9.13. The molecule has 0 heterocycles. The van der Waals surface area contributed by atoms with Crippen molar-refractivity contribution in [3.05, 3.63) is 34.9 Å². The molecule has 22 heavy (non-hydrogen) atoms. The van der Waals surface area contributed by atoms with E-state index in [1.54, 1.807) is 24.3 Å². The molecule has 2 N–H and O–H groups in total. The third-order valence-electron chi connectivity index (χ3n) is 3.64. The molecule has 124 valence electrons. The van der Waals surface area contributed by atoms with E-state index >= 15 is 0 Å². The van der Waals surface area contributed by atoms with Gasteiger partial charge in [0, 0.05) is 17.6 Å². The number of aliphatic hydroxyl groups is 1. The van der Waals surface area contributed by atoms with Crippen LogP contribution in [0.1, 0.15) is 38.4 Å². The average molecular weight is 327 g/mol. The van der Waals surface area contributed by atoms with Gasteiger partial charge in [-0.15, -0.1) is 0 Å². The molecule has 0 bridgehead atoms. The zero-order chi connectivity index (χ0) is 16.7. The van der Waals surface area contributed by atoms with Crippen molar-refractivity contribution in [3.8, 4) is 0 Å². The fourth-order valence-corrected chi connectivity index (χ4v) is 2.43. The van der Waals surface area contributed by atoms with E-state index in [0.717, 1.165) is 6.42 Å². The summed E-state index contributed by atoms with van der Waals surface area (Å²) in [6, 6.07) is 7.20. The summed E-state index contributed by atoms with van der Waals surface area (Å²) in [6.07, 6.45) is 0.274. The number of hydrogen-bond donors (Lipinski definition) is 2. The van der Waals surface area contributed by atoms with E-state index in [1.807, 2.05) is 14.1 Å². The number of rotatable bonds is 8. The molecule has 2 atom stereocenters. The summed E-state index contributed by atoms with van der Waals surface area (Å²) in [7, 11) is 4.03. The van der Waals surface area contributed by atoms with Crippen LogP contribution in [-0.2, 0) is 4.79 Å². The quantitative estimate of drug-likeness (QED) is 0.772. The predicted octanol–water partition coefficient (Wildman–Crippen LogP) is 2.86. The molecule has 1 amide bonds. The Morgan fingerprint density at radius 2 is 1.86 bits per heavy atom. The third-order valence-corrected chi connectivity index (χ3v) is 3.89. The second-order valence-corrected chi connectivity index (χ2v) is 6.76. The van der Waals surface area contributed by atoms with Crippen LogP contribution in [0.2, 0.25) is 5.02 Å². The van der Waals surface area contributed by atoms with Gasteiger partial charge in [0.25, 0.3) is 0 Å². The first-order valence-electron chi connectivity index (χ1n) is 7.66. The molecule has 0 aliphatic rings. The minimum Gasteiger partial charge on any atom is -0.388 e. The highest BCUT2D eigenvalue weighted by atomic mass is 35.5. The molecule has 1 aromatic rings. The number of carbonyl (C=O) groups excluding carboxylic acids is 1. The Labute approximate surface area is 138 Å². The Morgan fingerprint density at radius 3 is 2.36 bits per heavy atom. The van der Waals surface area contributed by atoms with Crippen molar-refractivity contribution in [2.24, 2.45) is 5.92 Å². The zero-order valence-electron chi connectivity index (χ0n) is 13.8. The van der Waals surface area contributed by atoms with Crippen molar-refractivity contribution in [2.75, 3.05) is 20.6 Å². The van der Waals surface area contributed by atoms with Crippen molar-refractivity contribution < 1.29 is 9.90 Å². The fourth-order valence-electron chi connectivity index (χ4n) is 2.30. The van der Waals surface area contributed by atoms with Crippen LogP contribution in [0, 0.1) is 5.92 Å². The standard InChI is InChI=1S/C17H27ClN2O2/c1-12(2)9-15(20(3)4)11-19-17(22)10-16(21)13-5-7-14(18)8-6-13/h5-8,12,15-16,21H,9-11H2,1-4H3,(H,19,22). The van der Waals surface area contributed by atoms with E-state index in [2.05, 4.69) is 24.1 Å². The van der Waals surface area contributed by atoms with Crippen LogP contribution in [0.5, 0.6) is 0 Å². The van der Waals surface area contributed by atoms with Gasteiger partial charge in [-0.2, -0.15) is 0 Å². The van der Waals surface area contributed by atoms with Gasteiger partial charge >= 0.3 is 0 Å². The number of halogens is 1. The van der Waals surface area contributed by atoms with Gasteiger partial charge in [0.2, 0.25) is 5.91 Å². The number of nitrogens with zero attached hydrogens (tertiary/aromatic N) is 1. The van der Waals surface area contributed by atoms with E-state index in [-0.39, 0.29) is 12.3 Å². The first-order valence-corrected chi connectivity index (χ1v) is 8.04. The molecule has 0 fully saturated rings. The van der Waals surface area contributed by atoms with Gasteiger partial charge < -0.3 is 15.3 Å². The first kappa shape index (κ1) is 18.9. The lowest BCUT2D eigenvalue weighted by Gasteiger charge is -2.26. The van der Waals surface area contributed by atoms with Crippen molar-refractivity contribution in [1.29, 1.82) is 0 Å². The summed E-state index contributed by atoms with van der Waals surface area (Å²) in [5.74, 6) is 0.432. The average Bonchev–Trinajstić information content (AvgIpc) is 2.43. The van der Waals surface area contributed by atoms with Crippen molar-refractivity contribution in [3.63, 3.8) is 0 Å². The summed E-state index contributed by atoms with van der Waals surface area (Å²) in [4.78, 5) is 14.1. The highest BCUT2D eigenvalue weighted by Crippen LogP contribution is 2.19. The second-order valence-electron chi connectivity index (χ2n) is 6.32. The Kier molecular flexibility index (Phi) is 7.87. The van der Waals surface area contributed by atoms with E-state index in [1.165, 1.54) is 0 Å². The van der Waals surface area contributed by atoms with Crippen molar-refractivity contribution >= 4 is 17.5 Å². The van der Waals surface area contributed by atoms with Gasteiger partial charge in [0.05, 0.1) is 12.5 Å². The molecular weight excluding hydrogens is 300 g/mol. The maximum absolute atomic E-state index is 12.0. The predicted molar refractivity (Wildman–Crippen MR) is 91.0 cm³/mol. The van der Waals surface area contributed by atoms with Crippen LogP contribution < -0.4 is 5.32 Å². The number of nitrogens with one attached hydrogen (secondary N) is 1. The molecule has 0 spiro atoms. The van der Waals surface area contributed by atoms with E-state index in [0.29, 0.717) is 29.1 Å². The topological polar surface area (TPSA) is 52.6 Å². The first-order chi connectivity index (χ1) is 10.3. The summed E-state index contributed by atoms with van der Waals surface area (Å²) in [5.41, 5.74) is 0.700. The number of hydrogen-bond acceptors (Lipinski definition) is 3. The number of carbonyl (C=O) groups is 1. The number of aliphatic hydroxyl groups excluding tert-OH is 1. The van der Waals surface area contributed by atoms with Gasteiger partial charge in [0.1, 0.15) is 0 Å². The third kappa shape index (κ3) is 6.77. The Hall–Kier alpha value is -1.10. The van der Waals surface area contributed by atoms with E-state index < -0.39 is 6.10 Å². The highest BCUT2D eigenvalue weighted by Gasteiger charge is 2.17. The molecule has 2 unspecified atom stereocenters. The van der Waals surface area contributed by atoms with Gasteiger partial charge in [0.15, 0.2) is 0 Å². The van der Waals surface area contributed by atoms with Gasteiger partial charge in [-0.25, -0.2) is 0 Å². The molecule has 4 nitrogen and oxygen atoms in total. The van der Waals surface area contributed by atoms with Crippen molar-refractivity contribution in [1.82, 2.24) is 10.2 Å². The SMILES string of the molecule is CC(C)CC(CNC(=O)CC(O)c1ccc(Cl)cc1)N(C)C. The molecule has 0 aliphatic heterocycles. The van der Waals surface area contributed by atoms with Crippen LogP contribution >= 0.6 is 11.6 Å². The molecule has 1 aromatic carbocycles. The largest absolute Gasteiger partial charge is 0.388 e. The van der Waals surface area contributed by atoms with Gasteiger partial charge in [-0.05, 0) is 44.1 Å². The lowest BCUT2D eigenvalue weighted by molar-refractivity contribution is -0.123. The molecular formula is C17H27ClN2O2. The Bertz CT molecular complexity index is 460. The summed E-state index contributed by atoms with van der Waals surface area (Å²) in [6.45, 7) is 4.93. The normalized spacial score (nSPS) is 14.2. The van der Waals surface area contributed by atoms with E-state index in [9.17, 15) is 9.90 Å². The molecule has 0 saturated carbocycles. The number of likely N-dealkylation sites (N-methyl/N-ethyl adjacent to an activating group) is 1. The van der Waals surface area contributed by atoms with Crippen LogP contribution in [0.25, 0.3) is 0 Å². The summed E-state index contributed by atoms with van der Waals surface area (Å²) < 4.78 is 0. The monoisotopic (exact) mass is 326 g/mol. The van der Waals surface area contributed by atoms with Gasteiger partial charge in [-0.1, -0.05) is 37.6 Å². The van der Waals surface area contributed by atoms with Crippen LogP contribution in [0.15, 0.2) is 24.3 Å². The van der Waals surface area contributed by atoms with E-state index in [4.69, 9.17) is 11.6 Å². The molecule has 1 rings (SSSR count). The molecule has 0 saturated heterocycles. The van der Waals surface area contributed by atoms with Crippen LogP contribution in [0.3, 0.4) is 0 Å². The highest BCUT2D eigenvalue weighted by molar-refractivity contribution is 6.30. The molecule has 0 aromatic heterocycles. The molecule has 5 heteroatoms. The minimum atomic E-state index is -0.805. The Balaban J connectivity index is 2.46. The minimum absolute atomic E-state index is 0.0590. The fraction of sp³-hybridized carbons (Fsp3) is 0.588. The summed E-state index contributed by atoms with van der Waals surface area (Å²) >= 11 is 5.81. The maximum Gasteiger partial charge on any atom is 0.223 e. The van der Waals surface area contributed by atoms with Crippen LogP contribution in [-0.4, -0.2) is 42.6 Å². The van der Waals surface area contributed by atoms with Crippen LogP contribution in [0.4, 0.5) is 0 Å². The molecule has 0 aliphatic carbocycles. The Morgan fingerprint density at radius 1 is 1.27 bits per heavy atom. The lowest BCUT2D eigenvalue weighted by Crippen LogP contribution is -2.41. The van der Waals surface area contributed by atoms with Crippen molar-refractivity contribution in [2.45, 2.75) is 38.8 Å². The number of benzene rings is 1. The maximum atomic E-state index is 12.0. The smallest absolute Gasteiger partial charge is 0.223 e. The number of amides is 1. The van der Waals surface area contributed by atoms with Gasteiger partial charge in [-0.3, -0.25) is 4.79 Å².